The molecule has 2 rings (SSSR count). The number of hydrogen-bond donors (Lipinski definition) is 1. The first-order valence-electron chi connectivity index (χ1n) is 7.34. The first-order valence-corrected chi connectivity index (χ1v) is 8.54. The van der Waals surface area contributed by atoms with Gasteiger partial charge >= 0.3 is 0 Å². The van der Waals surface area contributed by atoms with E-state index in [0.717, 1.165) is 20.5 Å². The zero-order chi connectivity index (χ0) is 16.8. The van der Waals surface area contributed by atoms with Gasteiger partial charge in [0.2, 0.25) is 5.91 Å². The Labute approximate surface area is 146 Å². The minimum absolute atomic E-state index is 0.00553. The molecule has 1 amide bonds. The summed E-state index contributed by atoms with van der Waals surface area (Å²) in [7, 11) is 3.57. The smallest absolute Gasteiger partial charge is 0.237 e. The molecule has 1 atom stereocenters. The number of halogens is 1. The van der Waals surface area contributed by atoms with E-state index >= 15 is 0 Å². The molecule has 0 fully saturated rings. The highest BCUT2D eigenvalue weighted by Crippen LogP contribution is 2.22. The molecule has 1 aromatic carbocycles. The molecule has 1 heterocycles. The van der Waals surface area contributed by atoms with Crippen molar-refractivity contribution in [3.05, 3.63) is 51.2 Å². The van der Waals surface area contributed by atoms with Crippen LogP contribution in [0.1, 0.15) is 17.4 Å². The van der Waals surface area contributed by atoms with Crippen LogP contribution in [-0.4, -0.2) is 31.0 Å². The van der Waals surface area contributed by atoms with Gasteiger partial charge in [-0.25, -0.2) is 0 Å². The Balaban J connectivity index is 1.83. The molecule has 0 aliphatic carbocycles. The molecule has 1 N–H and O–H groups in total. The lowest BCUT2D eigenvalue weighted by Gasteiger charge is -2.23. The van der Waals surface area contributed by atoms with Crippen molar-refractivity contribution in [1.82, 2.24) is 10.2 Å². The van der Waals surface area contributed by atoms with Crippen LogP contribution in [0.4, 0.5) is 0 Å². The Hall–Kier alpha value is -1.56. The van der Waals surface area contributed by atoms with Gasteiger partial charge in [0.25, 0.3) is 0 Å². The maximum Gasteiger partial charge on any atom is 0.237 e. The molecular formula is C17H21ClN2O2S. The summed E-state index contributed by atoms with van der Waals surface area (Å²) in [5.74, 6) is 0.814. The fraction of sp³-hybridized carbons (Fsp3) is 0.353. The van der Waals surface area contributed by atoms with E-state index in [4.69, 9.17) is 16.3 Å². The van der Waals surface area contributed by atoms with Crippen LogP contribution in [0, 0.1) is 0 Å². The number of carbonyl (C=O) groups is 1. The van der Waals surface area contributed by atoms with E-state index in [0.29, 0.717) is 13.1 Å². The number of likely N-dealkylation sites (N-methyl/N-ethyl adjacent to an activating group) is 1. The highest BCUT2D eigenvalue weighted by molar-refractivity contribution is 7.16. The number of nitrogens with zero attached hydrogens (tertiary/aromatic N) is 1. The van der Waals surface area contributed by atoms with Crippen LogP contribution in [0.25, 0.3) is 0 Å². The monoisotopic (exact) mass is 352 g/mol. The zero-order valence-corrected chi connectivity index (χ0v) is 15.1. The Morgan fingerprint density at radius 2 is 2.00 bits per heavy atom. The summed E-state index contributed by atoms with van der Waals surface area (Å²) in [5.41, 5.74) is 1.04. The van der Waals surface area contributed by atoms with Gasteiger partial charge < -0.3 is 10.1 Å². The highest BCUT2D eigenvalue weighted by atomic mass is 35.5. The largest absolute Gasteiger partial charge is 0.497 e. The molecule has 124 valence electrons. The van der Waals surface area contributed by atoms with Gasteiger partial charge in [-0.2, -0.15) is 0 Å². The number of methoxy groups -OCH3 is 1. The summed E-state index contributed by atoms with van der Waals surface area (Å²) < 4.78 is 5.89. The van der Waals surface area contributed by atoms with Crippen molar-refractivity contribution in [2.24, 2.45) is 0 Å². The van der Waals surface area contributed by atoms with Crippen molar-refractivity contribution in [2.45, 2.75) is 26.1 Å². The third-order valence-corrected chi connectivity index (χ3v) is 4.92. The number of benzene rings is 1. The third-order valence-electron chi connectivity index (χ3n) is 3.70. The van der Waals surface area contributed by atoms with E-state index in [1.165, 1.54) is 11.3 Å². The number of rotatable bonds is 7. The maximum absolute atomic E-state index is 12.3. The molecule has 2 aromatic rings. The van der Waals surface area contributed by atoms with Crippen molar-refractivity contribution < 1.29 is 9.53 Å². The summed E-state index contributed by atoms with van der Waals surface area (Å²) in [4.78, 5) is 15.4. The number of carbonyl (C=O) groups excluding carboxylic acids is 1. The Morgan fingerprint density at radius 1 is 1.30 bits per heavy atom. The number of thiophene rings is 1. The quantitative estimate of drug-likeness (QED) is 0.828. The van der Waals surface area contributed by atoms with Gasteiger partial charge in [-0.15, -0.1) is 11.3 Å². The van der Waals surface area contributed by atoms with Crippen molar-refractivity contribution in [3.63, 3.8) is 0 Å². The van der Waals surface area contributed by atoms with Crippen molar-refractivity contribution in [2.75, 3.05) is 14.2 Å². The SMILES string of the molecule is COc1ccc(CNC(=O)[C@@H](C)N(C)Cc2ccc(Cl)s2)cc1. The first-order chi connectivity index (χ1) is 11.0. The molecular weight excluding hydrogens is 332 g/mol. The van der Waals surface area contributed by atoms with Crippen LogP contribution in [-0.2, 0) is 17.9 Å². The van der Waals surface area contributed by atoms with Gasteiger partial charge in [0.1, 0.15) is 5.75 Å². The molecule has 0 saturated carbocycles. The zero-order valence-electron chi connectivity index (χ0n) is 13.5. The maximum atomic E-state index is 12.3. The second-order valence-corrected chi connectivity index (χ2v) is 7.16. The molecule has 0 radical (unpaired) electrons. The van der Waals surface area contributed by atoms with Gasteiger partial charge in [0.05, 0.1) is 17.5 Å². The molecule has 6 heteroatoms. The van der Waals surface area contributed by atoms with Crippen LogP contribution in [0.2, 0.25) is 4.34 Å². The lowest BCUT2D eigenvalue weighted by atomic mass is 10.2. The fourth-order valence-corrected chi connectivity index (χ4v) is 3.25. The molecule has 4 nitrogen and oxygen atoms in total. The fourth-order valence-electron chi connectivity index (χ4n) is 2.10. The van der Waals surface area contributed by atoms with Gasteiger partial charge in [-0.3, -0.25) is 9.69 Å². The van der Waals surface area contributed by atoms with E-state index in [1.807, 2.05) is 55.3 Å². The number of amides is 1. The normalized spacial score (nSPS) is 12.2. The average molecular weight is 353 g/mol. The minimum Gasteiger partial charge on any atom is -0.497 e. The number of ether oxygens (including phenoxy) is 1. The van der Waals surface area contributed by atoms with Gasteiger partial charge in [-0.1, -0.05) is 23.7 Å². The average Bonchev–Trinajstić information content (AvgIpc) is 2.97. The molecule has 1 aromatic heterocycles. The Morgan fingerprint density at radius 3 is 2.57 bits per heavy atom. The standard InChI is InChI=1S/C17H21ClN2O2S/c1-12(20(2)11-15-8-9-16(18)23-15)17(21)19-10-13-4-6-14(22-3)7-5-13/h4-9,12H,10-11H2,1-3H3,(H,19,21)/t12-/m1/s1. The Bertz CT molecular complexity index is 642. The summed E-state index contributed by atoms with van der Waals surface area (Å²) >= 11 is 7.48. The molecule has 0 aliphatic heterocycles. The van der Waals surface area contributed by atoms with Crippen molar-refractivity contribution in [1.29, 1.82) is 0 Å². The van der Waals surface area contributed by atoms with E-state index in [9.17, 15) is 4.79 Å². The molecule has 0 spiro atoms. The van der Waals surface area contributed by atoms with Crippen LogP contribution in [0.3, 0.4) is 0 Å². The number of nitrogens with one attached hydrogen (secondary N) is 1. The van der Waals surface area contributed by atoms with E-state index in [1.54, 1.807) is 7.11 Å². The Kier molecular flexibility index (Phi) is 6.45. The minimum atomic E-state index is -0.214. The van der Waals surface area contributed by atoms with Gasteiger partial charge in [0.15, 0.2) is 0 Å². The molecule has 0 bridgehead atoms. The van der Waals surface area contributed by atoms with Crippen molar-refractivity contribution >= 4 is 28.8 Å². The van der Waals surface area contributed by atoms with E-state index < -0.39 is 0 Å². The van der Waals surface area contributed by atoms with Crippen LogP contribution < -0.4 is 10.1 Å². The lowest BCUT2D eigenvalue weighted by Crippen LogP contribution is -2.42. The summed E-state index contributed by atoms with van der Waals surface area (Å²) in [6, 6.07) is 11.3. The lowest BCUT2D eigenvalue weighted by molar-refractivity contribution is -0.125. The number of hydrogen-bond acceptors (Lipinski definition) is 4. The van der Waals surface area contributed by atoms with Crippen molar-refractivity contribution in [3.8, 4) is 5.75 Å². The highest BCUT2D eigenvalue weighted by Gasteiger charge is 2.18. The van der Waals surface area contributed by atoms with Crippen LogP contribution in [0.15, 0.2) is 36.4 Å². The predicted molar refractivity (Wildman–Crippen MR) is 95.1 cm³/mol. The third kappa shape index (κ3) is 5.23. The summed E-state index contributed by atoms with van der Waals surface area (Å²) in [6.45, 7) is 3.11. The van der Waals surface area contributed by atoms with Crippen LogP contribution in [0.5, 0.6) is 5.75 Å². The van der Waals surface area contributed by atoms with Gasteiger partial charge in [0, 0.05) is 18.0 Å². The molecule has 0 aliphatic rings. The summed E-state index contributed by atoms with van der Waals surface area (Å²) in [5, 5.41) is 2.96. The summed E-state index contributed by atoms with van der Waals surface area (Å²) in [6.07, 6.45) is 0. The molecule has 23 heavy (non-hydrogen) atoms. The second kappa shape index (κ2) is 8.34. The molecule has 0 unspecified atom stereocenters. The molecule has 0 saturated heterocycles. The first kappa shape index (κ1) is 17.8. The van der Waals surface area contributed by atoms with E-state index in [-0.39, 0.29) is 11.9 Å². The van der Waals surface area contributed by atoms with Gasteiger partial charge in [-0.05, 0) is 43.8 Å². The second-order valence-electron chi connectivity index (χ2n) is 5.36. The van der Waals surface area contributed by atoms with E-state index in [2.05, 4.69) is 5.32 Å². The van der Waals surface area contributed by atoms with Crippen LogP contribution >= 0.6 is 22.9 Å². The predicted octanol–water partition coefficient (Wildman–Crippen LogP) is 3.55. The topological polar surface area (TPSA) is 41.6 Å².